The Hall–Kier alpha value is -3.69. The Labute approximate surface area is 334 Å². The van der Waals surface area contributed by atoms with Gasteiger partial charge in [-0.25, -0.2) is 0 Å². The van der Waals surface area contributed by atoms with Crippen molar-refractivity contribution in [1.82, 2.24) is 0 Å². The van der Waals surface area contributed by atoms with E-state index in [1.165, 1.54) is 0 Å². The standard InChI is InChI=1S/C43H64O12S/c1-3-5-7-9-11-13-15-17-18-20-21-23-25-27-29-31-38(44)52-33-36(34-53-43-42(48)41(47)40(46)37(55-43)35-56(49,50)51)54-39(45)32-30-28-26-24-22-19-16-14-12-10-8-6-4-2/h5-19,22,24,26,36-37,40-43,46-48H,3-4,20-21,23,25,27-35H2,1-2H3,(H,49,50,51)/b7-5+,8-6+,11-9+,12-10+,15-13+,16-14+,18-17+,22-19+,26-24+/t36?,37-,40-,41?,42?,43+/m1/s1. The van der Waals surface area contributed by atoms with Gasteiger partial charge in [-0.1, -0.05) is 142 Å². The number of unbranched alkanes of at least 4 members (excludes halogenated alkanes) is 6. The highest BCUT2D eigenvalue weighted by Crippen LogP contribution is 2.23. The highest BCUT2D eigenvalue weighted by Gasteiger charge is 2.46. The maximum Gasteiger partial charge on any atom is 0.306 e. The smallest absolute Gasteiger partial charge is 0.306 e. The fourth-order valence-corrected chi connectivity index (χ4v) is 5.76. The van der Waals surface area contributed by atoms with Gasteiger partial charge in [0.1, 0.15) is 36.8 Å². The van der Waals surface area contributed by atoms with Gasteiger partial charge in [-0.15, -0.1) is 0 Å². The first-order valence-electron chi connectivity index (χ1n) is 19.6. The molecule has 1 heterocycles. The minimum atomic E-state index is -4.62. The summed E-state index contributed by atoms with van der Waals surface area (Å²) in [6, 6.07) is 0. The van der Waals surface area contributed by atoms with Crippen LogP contribution in [-0.4, -0.2) is 96.0 Å². The second-order valence-electron chi connectivity index (χ2n) is 13.0. The van der Waals surface area contributed by atoms with E-state index in [0.29, 0.717) is 19.3 Å². The molecule has 0 bridgehead atoms. The molecule has 1 saturated heterocycles. The fraction of sp³-hybridized carbons (Fsp3) is 0.535. The fourth-order valence-electron chi connectivity index (χ4n) is 5.07. The third kappa shape index (κ3) is 27.0. The van der Waals surface area contributed by atoms with Gasteiger partial charge in [0.2, 0.25) is 0 Å². The highest BCUT2D eigenvalue weighted by atomic mass is 32.2. The van der Waals surface area contributed by atoms with Gasteiger partial charge < -0.3 is 34.3 Å². The molecule has 12 nitrogen and oxygen atoms in total. The van der Waals surface area contributed by atoms with Gasteiger partial charge in [0, 0.05) is 12.8 Å². The number of hydrogen-bond donors (Lipinski definition) is 4. The lowest BCUT2D eigenvalue weighted by Gasteiger charge is -2.40. The Morgan fingerprint density at radius 2 is 1.09 bits per heavy atom. The zero-order valence-electron chi connectivity index (χ0n) is 32.9. The molecular weight excluding hydrogens is 741 g/mol. The van der Waals surface area contributed by atoms with Crippen molar-refractivity contribution in [2.75, 3.05) is 19.0 Å². The number of aliphatic hydroxyl groups excluding tert-OH is 3. The first-order chi connectivity index (χ1) is 27.0. The summed E-state index contributed by atoms with van der Waals surface area (Å²) in [6.07, 6.45) is 34.4. The predicted octanol–water partition coefficient (Wildman–Crippen LogP) is 6.88. The van der Waals surface area contributed by atoms with Crippen LogP contribution < -0.4 is 0 Å². The van der Waals surface area contributed by atoms with E-state index in [0.717, 1.165) is 44.9 Å². The zero-order valence-corrected chi connectivity index (χ0v) is 33.7. The molecule has 1 aliphatic heterocycles. The summed E-state index contributed by atoms with van der Waals surface area (Å²) in [7, 11) is -4.62. The third-order valence-corrected chi connectivity index (χ3v) is 8.82. The van der Waals surface area contributed by atoms with E-state index in [2.05, 4.69) is 32.1 Å². The number of rotatable bonds is 29. The van der Waals surface area contributed by atoms with E-state index in [1.54, 1.807) is 0 Å². The van der Waals surface area contributed by atoms with E-state index < -0.39 is 71.2 Å². The summed E-state index contributed by atoms with van der Waals surface area (Å²) in [5, 5.41) is 30.8. The van der Waals surface area contributed by atoms with Crippen LogP contribution in [-0.2, 0) is 38.7 Å². The Balaban J connectivity index is 2.60. The van der Waals surface area contributed by atoms with E-state index in [9.17, 15) is 37.9 Å². The maximum absolute atomic E-state index is 12.7. The molecule has 0 saturated carbocycles. The van der Waals surface area contributed by atoms with Crippen molar-refractivity contribution in [3.05, 3.63) is 109 Å². The van der Waals surface area contributed by atoms with E-state index >= 15 is 0 Å². The van der Waals surface area contributed by atoms with Crippen molar-refractivity contribution in [2.24, 2.45) is 0 Å². The van der Waals surface area contributed by atoms with Crippen LogP contribution >= 0.6 is 0 Å². The normalized spacial score (nSPS) is 21.9. The predicted molar refractivity (Wildman–Crippen MR) is 219 cm³/mol. The summed E-state index contributed by atoms with van der Waals surface area (Å²) in [4.78, 5) is 25.2. The van der Waals surface area contributed by atoms with E-state index in [4.69, 9.17) is 18.9 Å². The lowest BCUT2D eigenvalue weighted by atomic mass is 10.00. The number of esters is 2. The summed E-state index contributed by atoms with van der Waals surface area (Å²) < 4.78 is 53.7. The van der Waals surface area contributed by atoms with Gasteiger partial charge in [0.25, 0.3) is 10.1 Å². The van der Waals surface area contributed by atoms with Crippen molar-refractivity contribution in [1.29, 1.82) is 0 Å². The zero-order chi connectivity index (χ0) is 41.3. The summed E-state index contributed by atoms with van der Waals surface area (Å²) in [5.74, 6) is -2.14. The van der Waals surface area contributed by atoms with Crippen LogP contribution in [0.3, 0.4) is 0 Å². The van der Waals surface area contributed by atoms with Crippen molar-refractivity contribution >= 4 is 22.1 Å². The van der Waals surface area contributed by atoms with E-state index in [1.807, 2.05) is 91.1 Å². The molecule has 1 rings (SSSR count). The van der Waals surface area contributed by atoms with Crippen LogP contribution in [0.1, 0.15) is 90.9 Å². The lowest BCUT2D eigenvalue weighted by Crippen LogP contribution is -2.60. The topological polar surface area (TPSA) is 186 Å². The Morgan fingerprint density at radius 1 is 0.607 bits per heavy atom. The highest BCUT2D eigenvalue weighted by molar-refractivity contribution is 7.85. The van der Waals surface area contributed by atoms with Crippen LogP contribution in [0.5, 0.6) is 0 Å². The Kier molecular flexibility index (Phi) is 29.1. The van der Waals surface area contributed by atoms with Crippen LogP contribution in [0.25, 0.3) is 0 Å². The molecule has 1 aliphatic rings. The van der Waals surface area contributed by atoms with Crippen molar-refractivity contribution in [3.63, 3.8) is 0 Å². The molecule has 0 aromatic carbocycles. The molecule has 4 N–H and O–H groups in total. The molecule has 0 aromatic rings. The molecule has 314 valence electrons. The van der Waals surface area contributed by atoms with Gasteiger partial charge in [-0.2, -0.15) is 8.42 Å². The van der Waals surface area contributed by atoms with Crippen LogP contribution in [0.15, 0.2) is 109 Å². The molecule has 0 amide bonds. The quantitative estimate of drug-likeness (QED) is 0.0266. The Morgan fingerprint density at radius 3 is 1.64 bits per heavy atom. The average Bonchev–Trinajstić information content (AvgIpc) is 3.16. The molecule has 0 radical (unpaired) electrons. The van der Waals surface area contributed by atoms with Gasteiger partial charge >= 0.3 is 11.9 Å². The minimum Gasteiger partial charge on any atom is -0.462 e. The number of carbonyl (C=O) groups is 2. The van der Waals surface area contributed by atoms with Gasteiger partial charge in [-0.05, 0) is 44.9 Å². The molecule has 0 aliphatic carbocycles. The molecule has 3 unspecified atom stereocenters. The molecule has 13 heteroatoms. The summed E-state index contributed by atoms with van der Waals surface area (Å²) >= 11 is 0. The molecule has 0 spiro atoms. The van der Waals surface area contributed by atoms with Crippen molar-refractivity contribution in [2.45, 2.75) is 128 Å². The monoisotopic (exact) mass is 804 g/mol. The lowest BCUT2D eigenvalue weighted by molar-refractivity contribution is -0.297. The van der Waals surface area contributed by atoms with Gasteiger partial charge in [0.05, 0.1) is 6.61 Å². The number of allylic oxidation sites excluding steroid dienone is 18. The molecular formula is C43H64O12S. The first-order valence-corrected chi connectivity index (χ1v) is 21.2. The van der Waals surface area contributed by atoms with Crippen LogP contribution in [0.2, 0.25) is 0 Å². The van der Waals surface area contributed by atoms with Crippen molar-refractivity contribution in [3.8, 4) is 0 Å². The maximum atomic E-state index is 12.7. The molecule has 56 heavy (non-hydrogen) atoms. The molecule has 0 aromatic heterocycles. The SMILES string of the molecule is CC/C=C/C=C/C=C/C=C/C=C/CCCC(=O)OC(COC(=O)CCCCCCC/C=C/C=C/C=C/C=C/CC)CO[C@H]1O[C@H](CS(=O)(=O)O)[C@@H](O)C(O)C1O. The van der Waals surface area contributed by atoms with Crippen LogP contribution in [0, 0.1) is 0 Å². The van der Waals surface area contributed by atoms with Gasteiger partial charge in [0.15, 0.2) is 12.4 Å². The second-order valence-corrected chi connectivity index (χ2v) is 14.5. The van der Waals surface area contributed by atoms with Crippen LogP contribution in [0.4, 0.5) is 0 Å². The largest absolute Gasteiger partial charge is 0.462 e. The summed E-state index contributed by atoms with van der Waals surface area (Å²) in [5.41, 5.74) is 0. The van der Waals surface area contributed by atoms with Crippen molar-refractivity contribution < 1.29 is 56.8 Å². The molecule has 6 atom stereocenters. The number of aliphatic hydroxyl groups is 3. The van der Waals surface area contributed by atoms with E-state index in [-0.39, 0.29) is 19.4 Å². The van der Waals surface area contributed by atoms with Gasteiger partial charge in [-0.3, -0.25) is 14.1 Å². The second kappa shape index (κ2) is 32.4. The number of hydrogen-bond acceptors (Lipinski definition) is 11. The number of carbonyl (C=O) groups excluding carboxylic acids is 2. The third-order valence-electron chi connectivity index (χ3n) is 8.07. The molecule has 1 fully saturated rings. The number of ether oxygens (including phenoxy) is 4. The minimum absolute atomic E-state index is 0.0547. The first kappa shape index (κ1) is 50.3. The summed E-state index contributed by atoms with van der Waals surface area (Å²) in [6.45, 7) is 3.34. The Bertz CT molecular complexity index is 1450. The average molecular weight is 805 g/mol.